The summed E-state index contributed by atoms with van der Waals surface area (Å²) in [6.07, 6.45) is 4.56. The van der Waals surface area contributed by atoms with E-state index < -0.39 is 13.1 Å². The number of hydrogen-bond donors (Lipinski definition) is 4. The molecule has 1 saturated heterocycles. The zero-order chi connectivity index (χ0) is 24.0. The Morgan fingerprint density at radius 3 is 2.68 bits per heavy atom. The van der Waals surface area contributed by atoms with Crippen LogP contribution in [-0.4, -0.2) is 72.4 Å². The number of nitrogens with one attached hydrogen (secondary N) is 1. The van der Waals surface area contributed by atoms with Crippen LogP contribution in [0.1, 0.15) is 60.9 Å². The molecule has 0 spiro atoms. The number of carbonyl (C=O) groups is 2. The zero-order valence-electron chi connectivity index (χ0n) is 19.6. The third kappa shape index (κ3) is 4.39. The van der Waals surface area contributed by atoms with Crippen LogP contribution in [0.25, 0.3) is 0 Å². The van der Waals surface area contributed by atoms with Gasteiger partial charge in [-0.1, -0.05) is 13.0 Å². The highest BCUT2D eigenvalue weighted by molar-refractivity contribution is 6.48. The number of likely N-dealkylation sites (tertiary alicyclic amines) is 1. The summed E-state index contributed by atoms with van der Waals surface area (Å²) in [4.78, 5) is 26.6. The van der Waals surface area contributed by atoms with Crippen molar-refractivity contribution in [3.05, 3.63) is 23.3 Å². The van der Waals surface area contributed by atoms with Gasteiger partial charge in [0.15, 0.2) is 0 Å². The lowest BCUT2D eigenvalue weighted by Gasteiger charge is -2.40. The second-order valence-corrected chi connectivity index (χ2v) is 10.3. The molecule has 2 unspecified atom stereocenters. The van der Waals surface area contributed by atoms with Crippen molar-refractivity contribution in [1.29, 1.82) is 0 Å². The third-order valence-electron chi connectivity index (χ3n) is 8.12. The normalized spacial score (nSPS) is 30.0. The molecule has 9 nitrogen and oxygen atoms in total. The first-order valence-corrected chi connectivity index (χ1v) is 12.5. The van der Waals surface area contributed by atoms with Gasteiger partial charge in [-0.15, -0.1) is 0 Å². The molecule has 34 heavy (non-hydrogen) atoms. The highest BCUT2D eigenvalue weighted by Gasteiger charge is 2.60. The van der Waals surface area contributed by atoms with Crippen LogP contribution in [0.3, 0.4) is 0 Å². The molecule has 2 saturated carbocycles. The number of carboxylic acids is 1. The number of aromatic carboxylic acids is 1. The number of hydrogen-bond acceptors (Lipinski definition) is 7. The third-order valence-corrected chi connectivity index (χ3v) is 8.12. The number of ether oxygens (including phenoxy) is 1. The smallest absolute Gasteiger partial charge is 0.526 e. The molecule has 3 fully saturated rings. The fourth-order valence-corrected chi connectivity index (χ4v) is 6.02. The van der Waals surface area contributed by atoms with E-state index in [-0.39, 0.29) is 46.7 Å². The summed E-state index contributed by atoms with van der Waals surface area (Å²) in [6.45, 7) is 4.42. The predicted molar refractivity (Wildman–Crippen MR) is 126 cm³/mol. The summed E-state index contributed by atoms with van der Waals surface area (Å²) in [5, 5.41) is 23.6. The van der Waals surface area contributed by atoms with Crippen LogP contribution in [0.2, 0.25) is 5.82 Å². The van der Waals surface area contributed by atoms with E-state index in [1.165, 1.54) is 0 Å². The molecule has 2 aliphatic carbocycles. The Labute approximate surface area is 200 Å². The van der Waals surface area contributed by atoms with Crippen molar-refractivity contribution in [3.8, 4) is 11.5 Å². The summed E-state index contributed by atoms with van der Waals surface area (Å²) >= 11 is 0. The van der Waals surface area contributed by atoms with Crippen LogP contribution in [0.5, 0.6) is 11.5 Å². The van der Waals surface area contributed by atoms with Gasteiger partial charge in [-0.05, 0) is 55.1 Å². The molecule has 1 aromatic rings. The molecule has 10 heteroatoms. The number of carbonyl (C=O) groups excluding carboxylic acids is 1. The van der Waals surface area contributed by atoms with Crippen molar-refractivity contribution in [3.63, 3.8) is 0 Å². The second kappa shape index (κ2) is 9.39. The summed E-state index contributed by atoms with van der Waals surface area (Å²) in [5.41, 5.74) is 6.34. The number of nitrogens with two attached hydrogens (primary N) is 1. The molecule has 2 heterocycles. The summed E-state index contributed by atoms with van der Waals surface area (Å²) < 4.78 is 11.6. The Bertz CT molecular complexity index is 947. The number of fused-ring (bicyclic) bond motifs is 3. The Morgan fingerprint density at radius 2 is 2.00 bits per heavy atom. The highest BCUT2D eigenvalue weighted by atomic mass is 16.5. The molecular weight excluding hydrogens is 437 g/mol. The van der Waals surface area contributed by atoms with Gasteiger partial charge in [0.1, 0.15) is 23.2 Å². The van der Waals surface area contributed by atoms with Crippen LogP contribution < -0.4 is 20.4 Å². The second-order valence-electron chi connectivity index (χ2n) is 10.3. The number of benzene rings is 1. The summed E-state index contributed by atoms with van der Waals surface area (Å²) in [5.74, 6) is 0.251. The number of nitrogens with zero attached hydrogens (tertiary/aromatic N) is 1. The van der Waals surface area contributed by atoms with E-state index in [4.69, 9.17) is 15.1 Å². The first-order valence-electron chi connectivity index (χ1n) is 12.5. The fraction of sp³-hybridized carbons (Fsp3) is 0.667. The SMILES string of the molecule is C[C@@H]1C2B(O)Oc3c(ccc(OC4CN(C(=O)C[C@H]5CC[C@@H](NCCN)CC5)C4)c3C(=O)O)C21. The molecule has 0 radical (unpaired) electrons. The first-order chi connectivity index (χ1) is 16.4. The van der Waals surface area contributed by atoms with Crippen LogP contribution in [0, 0.1) is 11.8 Å². The molecule has 0 aromatic heterocycles. The summed E-state index contributed by atoms with van der Waals surface area (Å²) in [7, 11) is -0.996. The van der Waals surface area contributed by atoms with E-state index in [9.17, 15) is 19.7 Å². The van der Waals surface area contributed by atoms with Gasteiger partial charge in [0.05, 0.1) is 13.1 Å². The molecule has 3 atom stereocenters. The Kier molecular flexibility index (Phi) is 6.48. The van der Waals surface area contributed by atoms with E-state index in [0.717, 1.165) is 37.8 Å². The molecule has 1 aromatic carbocycles. The van der Waals surface area contributed by atoms with Crippen molar-refractivity contribution < 1.29 is 29.1 Å². The summed E-state index contributed by atoms with van der Waals surface area (Å²) in [6, 6.07) is 4.05. The quantitative estimate of drug-likeness (QED) is 0.419. The molecule has 0 bridgehead atoms. The maximum Gasteiger partial charge on any atom is 0.526 e. The lowest BCUT2D eigenvalue weighted by atomic mass is 9.76. The van der Waals surface area contributed by atoms with Gasteiger partial charge >= 0.3 is 13.1 Å². The lowest BCUT2D eigenvalue weighted by molar-refractivity contribution is -0.141. The predicted octanol–water partition coefficient (Wildman–Crippen LogP) is 1.45. The minimum Gasteiger partial charge on any atom is -0.535 e. The maximum absolute atomic E-state index is 12.7. The molecule has 2 aliphatic heterocycles. The van der Waals surface area contributed by atoms with E-state index in [2.05, 4.69) is 5.32 Å². The van der Waals surface area contributed by atoms with Crippen molar-refractivity contribution in [1.82, 2.24) is 10.2 Å². The van der Waals surface area contributed by atoms with E-state index in [1.54, 1.807) is 11.0 Å². The lowest BCUT2D eigenvalue weighted by Crippen LogP contribution is -2.56. The van der Waals surface area contributed by atoms with Gasteiger partial charge in [-0.25, -0.2) is 4.79 Å². The van der Waals surface area contributed by atoms with Crippen molar-refractivity contribution in [2.75, 3.05) is 26.2 Å². The largest absolute Gasteiger partial charge is 0.535 e. The maximum atomic E-state index is 12.7. The average Bonchev–Trinajstić information content (AvgIpc) is 3.46. The van der Waals surface area contributed by atoms with Crippen LogP contribution in [0.4, 0.5) is 0 Å². The van der Waals surface area contributed by atoms with E-state index in [1.807, 2.05) is 13.0 Å². The van der Waals surface area contributed by atoms with Gasteiger partial charge in [0.25, 0.3) is 0 Å². The topological polar surface area (TPSA) is 134 Å². The Balaban J connectivity index is 1.15. The minimum atomic E-state index is -1.14. The van der Waals surface area contributed by atoms with Gasteiger partial charge in [-0.3, -0.25) is 4.79 Å². The van der Waals surface area contributed by atoms with Gasteiger partial charge in [0, 0.05) is 31.4 Å². The minimum absolute atomic E-state index is 0.0179. The van der Waals surface area contributed by atoms with E-state index in [0.29, 0.717) is 38.0 Å². The molecule has 5 N–H and O–H groups in total. The fourth-order valence-electron chi connectivity index (χ4n) is 6.02. The van der Waals surface area contributed by atoms with E-state index >= 15 is 0 Å². The standard InChI is InChI=1S/C24H34BN3O6/c1-13-20-17-6-7-18(21(24(30)31)23(17)34-25(32)22(13)20)33-16-11-28(12-16)19(29)10-14-2-4-15(5-3-14)27-9-8-26/h6-7,13-16,20,22,27,32H,2-5,8-12,26H2,1H3,(H,30,31)/t13-,14-,15+,20?,22?/m0/s1. The van der Waals surface area contributed by atoms with Gasteiger partial charge < -0.3 is 35.5 Å². The number of rotatable bonds is 8. The van der Waals surface area contributed by atoms with Crippen LogP contribution in [0.15, 0.2) is 12.1 Å². The first kappa shape index (κ1) is 23.4. The number of carboxylic acid groups (broad SMARTS) is 1. The molecule has 4 aliphatic rings. The van der Waals surface area contributed by atoms with Gasteiger partial charge in [0.2, 0.25) is 5.91 Å². The average molecular weight is 471 g/mol. The highest BCUT2D eigenvalue weighted by Crippen LogP contribution is 2.65. The zero-order valence-corrected chi connectivity index (χ0v) is 19.6. The Hall–Kier alpha value is -2.30. The monoisotopic (exact) mass is 471 g/mol. The Morgan fingerprint density at radius 1 is 1.26 bits per heavy atom. The van der Waals surface area contributed by atoms with Crippen LogP contribution in [-0.2, 0) is 4.79 Å². The molecule has 5 rings (SSSR count). The van der Waals surface area contributed by atoms with Crippen molar-refractivity contribution in [2.45, 2.75) is 62.9 Å². The number of amides is 1. The van der Waals surface area contributed by atoms with Crippen molar-refractivity contribution >= 4 is 19.0 Å². The molecule has 1 amide bonds. The van der Waals surface area contributed by atoms with Gasteiger partial charge in [-0.2, -0.15) is 0 Å². The molecular formula is C24H34BN3O6. The molecule has 184 valence electrons. The van der Waals surface area contributed by atoms with Crippen LogP contribution >= 0.6 is 0 Å². The van der Waals surface area contributed by atoms with Crippen molar-refractivity contribution in [2.24, 2.45) is 17.6 Å².